The summed E-state index contributed by atoms with van der Waals surface area (Å²) in [5.41, 5.74) is 6.08. The largest absolute Gasteiger partial charge is 0.493 e. The van der Waals surface area contributed by atoms with Crippen LogP contribution in [0.4, 0.5) is 0 Å². The van der Waals surface area contributed by atoms with Gasteiger partial charge < -0.3 is 20.0 Å². The van der Waals surface area contributed by atoms with Crippen LogP contribution in [0, 0.1) is 5.41 Å². The molecule has 0 fully saturated rings. The molecular weight excluding hydrogens is 386 g/mol. The Balaban J connectivity index is 2.30. The Bertz CT molecular complexity index is 795. The maximum Gasteiger partial charge on any atom is 0.363 e. The van der Waals surface area contributed by atoms with Crippen LogP contribution >= 0.6 is 0 Å². The van der Waals surface area contributed by atoms with Crippen LogP contribution in [0.25, 0.3) is 0 Å². The Morgan fingerprint density at radius 2 is 2.20 bits per heavy atom. The highest BCUT2D eigenvalue weighted by atomic mass is 16.7. The summed E-state index contributed by atoms with van der Waals surface area (Å²) in [6.45, 7) is 6.24. The standard InChI is InChI=1S/C22H31N3O5/c1-4-6-7-12-22(5-2,15-19(26)28-3)25(21(23)24)30-20(27)17-10-11-18-16(14-17)9-8-13-29-18/h4,10-11,14H,1,5-9,12-13,15H2,2-3H3,(H3,23,24). The first-order valence-electron chi connectivity index (χ1n) is 10.2. The first kappa shape index (κ1) is 23.3. The summed E-state index contributed by atoms with van der Waals surface area (Å²) >= 11 is 0. The zero-order valence-electron chi connectivity index (χ0n) is 17.7. The van der Waals surface area contributed by atoms with Crippen molar-refractivity contribution in [1.29, 1.82) is 5.41 Å². The van der Waals surface area contributed by atoms with E-state index >= 15 is 0 Å². The van der Waals surface area contributed by atoms with Gasteiger partial charge in [-0.2, -0.15) is 5.06 Å². The molecule has 164 valence electrons. The molecular formula is C22H31N3O5. The van der Waals surface area contributed by atoms with Crippen molar-refractivity contribution < 1.29 is 23.9 Å². The molecule has 0 saturated carbocycles. The molecule has 1 aromatic carbocycles. The van der Waals surface area contributed by atoms with Crippen LogP contribution < -0.4 is 10.5 Å². The zero-order chi connectivity index (χ0) is 22.1. The lowest BCUT2D eigenvalue weighted by atomic mass is 9.85. The summed E-state index contributed by atoms with van der Waals surface area (Å²) in [4.78, 5) is 30.6. The molecule has 2 rings (SSSR count). The Labute approximate surface area is 177 Å². The smallest absolute Gasteiger partial charge is 0.363 e. The van der Waals surface area contributed by atoms with E-state index in [9.17, 15) is 9.59 Å². The van der Waals surface area contributed by atoms with E-state index in [1.54, 1.807) is 24.3 Å². The Hall–Kier alpha value is -3.03. The second-order valence-corrected chi connectivity index (χ2v) is 7.34. The first-order chi connectivity index (χ1) is 14.4. The van der Waals surface area contributed by atoms with E-state index in [1.807, 2.05) is 6.92 Å². The highest BCUT2D eigenvalue weighted by Gasteiger charge is 2.41. The van der Waals surface area contributed by atoms with Crippen LogP contribution in [0.5, 0.6) is 5.75 Å². The van der Waals surface area contributed by atoms with Crippen molar-refractivity contribution in [2.45, 2.75) is 57.4 Å². The molecule has 30 heavy (non-hydrogen) atoms. The maximum absolute atomic E-state index is 12.9. The van der Waals surface area contributed by atoms with E-state index in [2.05, 4.69) is 6.58 Å². The zero-order valence-corrected chi connectivity index (χ0v) is 17.7. The van der Waals surface area contributed by atoms with Crippen molar-refractivity contribution in [2.75, 3.05) is 13.7 Å². The van der Waals surface area contributed by atoms with Gasteiger partial charge >= 0.3 is 11.9 Å². The van der Waals surface area contributed by atoms with Crippen LogP contribution in [-0.4, -0.2) is 42.2 Å². The summed E-state index contributed by atoms with van der Waals surface area (Å²) in [6, 6.07) is 5.10. The molecule has 0 spiro atoms. The van der Waals surface area contributed by atoms with Crippen molar-refractivity contribution in [3.63, 3.8) is 0 Å². The molecule has 0 aliphatic carbocycles. The second-order valence-electron chi connectivity index (χ2n) is 7.34. The van der Waals surface area contributed by atoms with Crippen molar-refractivity contribution in [3.8, 4) is 5.75 Å². The minimum Gasteiger partial charge on any atom is -0.493 e. The summed E-state index contributed by atoms with van der Waals surface area (Å²) in [7, 11) is 1.30. The lowest BCUT2D eigenvalue weighted by Crippen LogP contribution is -2.55. The number of benzene rings is 1. The van der Waals surface area contributed by atoms with Crippen molar-refractivity contribution in [3.05, 3.63) is 42.0 Å². The molecule has 3 N–H and O–H groups in total. The van der Waals surface area contributed by atoms with E-state index in [-0.39, 0.29) is 6.42 Å². The van der Waals surface area contributed by atoms with Crippen LogP contribution in [0.2, 0.25) is 0 Å². The number of guanidine groups is 1. The normalized spacial score (nSPS) is 14.5. The third-order valence-corrected chi connectivity index (χ3v) is 5.38. The third kappa shape index (κ3) is 5.52. The molecule has 1 aliphatic rings. The van der Waals surface area contributed by atoms with Gasteiger partial charge in [-0.05, 0) is 62.3 Å². The topological polar surface area (TPSA) is 115 Å². The van der Waals surface area contributed by atoms with E-state index in [0.29, 0.717) is 37.9 Å². The van der Waals surface area contributed by atoms with Gasteiger partial charge in [-0.15, -0.1) is 6.58 Å². The monoisotopic (exact) mass is 417 g/mol. The number of allylic oxidation sites excluding steroid dienone is 1. The van der Waals surface area contributed by atoms with E-state index in [0.717, 1.165) is 29.2 Å². The maximum atomic E-state index is 12.9. The number of nitrogens with zero attached hydrogens (tertiary/aromatic N) is 1. The molecule has 1 unspecified atom stereocenters. The number of hydrogen-bond donors (Lipinski definition) is 2. The summed E-state index contributed by atoms with van der Waals surface area (Å²) in [5.74, 6) is -0.804. The molecule has 1 aromatic rings. The molecule has 1 atom stereocenters. The van der Waals surface area contributed by atoms with Gasteiger partial charge in [-0.3, -0.25) is 10.2 Å². The van der Waals surface area contributed by atoms with E-state index < -0.39 is 23.4 Å². The van der Waals surface area contributed by atoms with Crippen LogP contribution in [0.1, 0.15) is 61.4 Å². The van der Waals surface area contributed by atoms with E-state index in [1.165, 1.54) is 7.11 Å². The van der Waals surface area contributed by atoms with Crippen LogP contribution in [0.15, 0.2) is 30.9 Å². The van der Waals surface area contributed by atoms with Gasteiger partial charge in [0, 0.05) is 0 Å². The van der Waals surface area contributed by atoms with Gasteiger partial charge in [0.25, 0.3) is 0 Å². The molecule has 0 amide bonds. The minimum absolute atomic E-state index is 0.0674. The third-order valence-electron chi connectivity index (χ3n) is 5.38. The van der Waals surface area contributed by atoms with Gasteiger partial charge in [0.15, 0.2) is 0 Å². The fourth-order valence-corrected chi connectivity index (χ4v) is 3.65. The Kier molecular flexibility index (Phi) is 8.26. The fourth-order valence-electron chi connectivity index (χ4n) is 3.65. The van der Waals surface area contributed by atoms with Gasteiger partial charge in [0.05, 0.1) is 31.2 Å². The number of methoxy groups -OCH3 is 1. The number of fused-ring (bicyclic) bond motifs is 1. The number of rotatable bonds is 9. The highest BCUT2D eigenvalue weighted by Crippen LogP contribution is 2.32. The van der Waals surface area contributed by atoms with Crippen molar-refractivity contribution in [2.24, 2.45) is 5.73 Å². The van der Waals surface area contributed by atoms with Gasteiger partial charge in [0.1, 0.15) is 5.75 Å². The number of carbonyl (C=O) groups excluding carboxylic acids is 2. The molecule has 8 heteroatoms. The summed E-state index contributed by atoms with van der Waals surface area (Å²) in [6.07, 6.45) is 5.70. The van der Waals surface area contributed by atoms with Crippen molar-refractivity contribution >= 4 is 17.9 Å². The minimum atomic E-state index is -0.991. The molecule has 8 nitrogen and oxygen atoms in total. The molecule has 1 heterocycles. The molecule has 0 bridgehead atoms. The predicted molar refractivity (Wildman–Crippen MR) is 113 cm³/mol. The lowest BCUT2D eigenvalue weighted by Gasteiger charge is -2.41. The van der Waals surface area contributed by atoms with E-state index in [4.69, 9.17) is 25.5 Å². The highest BCUT2D eigenvalue weighted by molar-refractivity contribution is 5.91. The summed E-state index contributed by atoms with van der Waals surface area (Å²) in [5, 5.41) is 9.09. The average Bonchev–Trinajstić information content (AvgIpc) is 2.76. The number of hydroxylamine groups is 2. The average molecular weight is 418 g/mol. The number of carbonyl (C=O) groups is 2. The number of esters is 1. The number of aryl methyl sites for hydroxylation is 1. The summed E-state index contributed by atoms with van der Waals surface area (Å²) < 4.78 is 10.4. The van der Waals surface area contributed by atoms with Gasteiger partial charge in [-0.25, -0.2) is 4.79 Å². The second kappa shape index (κ2) is 10.7. The first-order valence-corrected chi connectivity index (χ1v) is 10.2. The molecule has 0 radical (unpaired) electrons. The molecule has 0 saturated heterocycles. The number of nitrogens with two attached hydrogens (primary N) is 1. The molecule has 1 aliphatic heterocycles. The van der Waals surface area contributed by atoms with Crippen molar-refractivity contribution in [1.82, 2.24) is 5.06 Å². The Morgan fingerprint density at radius 1 is 1.43 bits per heavy atom. The Morgan fingerprint density at radius 3 is 2.83 bits per heavy atom. The predicted octanol–water partition coefficient (Wildman–Crippen LogP) is 3.35. The lowest BCUT2D eigenvalue weighted by molar-refractivity contribution is -0.158. The van der Waals surface area contributed by atoms with Crippen LogP contribution in [-0.2, 0) is 20.8 Å². The number of hydrogen-bond acceptors (Lipinski definition) is 6. The van der Waals surface area contributed by atoms with Gasteiger partial charge in [-0.1, -0.05) is 13.0 Å². The SMILES string of the molecule is C=CCCCC(CC)(CC(=O)OC)N(OC(=O)c1ccc2c(c1)CCCO2)C(=N)N. The number of ether oxygens (including phenoxy) is 2. The van der Waals surface area contributed by atoms with Crippen LogP contribution in [0.3, 0.4) is 0 Å². The quantitative estimate of drug-likeness (QED) is 0.158. The van der Waals surface area contributed by atoms with Gasteiger partial charge in [0.2, 0.25) is 5.96 Å². The fraction of sp³-hybridized carbons (Fsp3) is 0.500. The number of nitrogens with one attached hydrogen (secondary N) is 1. The number of unbranched alkanes of at least 4 members (excludes halogenated alkanes) is 1. The molecule has 0 aromatic heterocycles.